The summed E-state index contributed by atoms with van der Waals surface area (Å²) in [5, 5.41) is 0.222. The van der Waals surface area contributed by atoms with Crippen LogP contribution in [0.2, 0.25) is 0 Å². The van der Waals surface area contributed by atoms with Crippen molar-refractivity contribution in [1.29, 1.82) is 0 Å². The van der Waals surface area contributed by atoms with Crippen LogP contribution in [-0.4, -0.2) is 11.0 Å². The minimum absolute atomic E-state index is 0.0721. The van der Waals surface area contributed by atoms with E-state index >= 15 is 0 Å². The van der Waals surface area contributed by atoms with Crippen molar-refractivity contribution in [3.8, 4) is 0 Å². The Kier molecular flexibility index (Phi) is 4.80. The normalized spacial score (nSPS) is 14.2. The molecule has 2 unspecified atom stereocenters. The molecule has 0 bridgehead atoms. The van der Waals surface area contributed by atoms with Gasteiger partial charge in [-0.2, -0.15) is 0 Å². The number of pyridine rings is 1. The van der Waals surface area contributed by atoms with Gasteiger partial charge < -0.3 is 5.73 Å². The first kappa shape index (κ1) is 13.6. The summed E-state index contributed by atoms with van der Waals surface area (Å²) < 4.78 is 1.09. The zero-order valence-corrected chi connectivity index (χ0v) is 12.5. The average molecular weight is 323 g/mol. The fourth-order valence-electron chi connectivity index (χ4n) is 1.68. The topological polar surface area (TPSA) is 38.9 Å². The highest BCUT2D eigenvalue weighted by Gasteiger charge is 2.17. The zero-order chi connectivity index (χ0) is 13.0. The van der Waals surface area contributed by atoms with Crippen LogP contribution in [0.15, 0.2) is 58.2 Å². The molecule has 94 valence electrons. The second kappa shape index (κ2) is 6.36. The van der Waals surface area contributed by atoms with Gasteiger partial charge in [-0.25, -0.2) is 0 Å². The second-order valence-electron chi connectivity index (χ2n) is 4.14. The monoisotopic (exact) mass is 322 g/mol. The van der Waals surface area contributed by atoms with Crippen molar-refractivity contribution in [2.45, 2.75) is 23.1 Å². The van der Waals surface area contributed by atoms with Gasteiger partial charge in [-0.3, -0.25) is 4.98 Å². The molecule has 2 nitrogen and oxygen atoms in total. The summed E-state index contributed by atoms with van der Waals surface area (Å²) in [6.07, 6.45) is 3.67. The molecule has 4 heteroatoms. The first-order chi connectivity index (χ1) is 8.66. The van der Waals surface area contributed by atoms with Crippen molar-refractivity contribution >= 4 is 27.7 Å². The third kappa shape index (κ3) is 3.57. The molecule has 0 saturated carbocycles. The molecule has 2 rings (SSSR count). The summed E-state index contributed by atoms with van der Waals surface area (Å²) in [5.41, 5.74) is 7.26. The molecule has 0 aliphatic heterocycles. The molecular formula is C14H15BrN2S. The highest BCUT2D eigenvalue weighted by molar-refractivity contribution is 9.10. The number of nitrogens with zero attached hydrogens (tertiary/aromatic N) is 1. The number of aromatic nitrogens is 1. The lowest BCUT2D eigenvalue weighted by Gasteiger charge is -2.20. The first-order valence-corrected chi connectivity index (χ1v) is 7.42. The Balaban J connectivity index is 2.19. The van der Waals surface area contributed by atoms with Crippen LogP contribution >= 0.6 is 27.7 Å². The Morgan fingerprint density at radius 1 is 1.22 bits per heavy atom. The van der Waals surface area contributed by atoms with Gasteiger partial charge >= 0.3 is 0 Å². The number of halogens is 1. The Morgan fingerprint density at radius 2 is 1.94 bits per heavy atom. The van der Waals surface area contributed by atoms with Gasteiger partial charge in [0.25, 0.3) is 0 Å². The Bertz CT molecular complexity index is 485. The van der Waals surface area contributed by atoms with E-state index in [1.165, 1.54) is 10.5 Å². The Labute approximate surface area is 120 Å². The van der Waals surface area contributed by atoms with Gasteiger partial charge in [0.1, 0.15) is 0 Å². The van der Waals surface area contributed by atoms with Crippen molar-refractivity contribution in [1.82, 2.24) is 4.98 Å². The number of hydrogen-bond donors (Lipinski definition) is 1. The second-order valence-corrected chi connectivity index (χ2v) is 6.27. The molecule has 1 aromatic heterocycles. The standard InChI is InChI=1S/C14H15BrN2S/c1-10(16)14(11-3-2-8-17-9-11)18-13-6-4-12(15)5-7-13/h2-10,14H,16H2,1H3. The van der Waals surface area contributed by atoms with Gasteiger partial charge in [0.2, 0.25) is 0 Å². The minimum Gasteiger partial charge on any atom is -0.327 e. The molecule has 0 saturated heterocycles. The molecule has 0 fully saturated rings. The molecule has 2 aromatic rings. The maximum absolute atomic E-state index is 6.09. The summed E-state index contributed by atoms with van der Waals surface area (Å²) in [5.74, 6) is 0. The molecule has 0 aliphatic rings. The van der Waals surface area contributed by atoms with E-state index in [9.17, 15) is 0 Å². The fraction of sp³-hybridized carbons (Fsp3) is 0.214. The van der Waals surface area contributed by atoms with Gasteiger partial charge in [-0.15, -0.1) is 11.8 Å². The average Bonchev–Trinajstić information content (AvgIpc) is 2.38. The van der Waals surface area contributed by atoms with E-state index in [-0.39, 0.29) is 11.3 Å². The largest absolute Gasteiger partial charge is 0.327 e. The zero-order valence-electron chi connectivity index (χ0n) is 10.1. The highest BCUT2D eigenvalue weighted by atomic mass is 79.9. The molecule has 18 heavy (non-hydrogen) atoms. The van der Waals surface area contributed by atoms with E-state index in [1.807, 2.05) is 31.3 Å². The molecule has 1 aromatic carbocycles. The maximum atomic E-state index is 6.09. The smallest absolute Gasteiger partial charge is 0.0508 e. The summed E-state index contributed by atoms with van der Waals surface area (Å²) in [4.78, 5) is 5.38. The summed E-state index contributed by atoms with van der Waals surface area (Å²) in [7, 11) is 0. The van der Waals surface area contributed by atoms with Gasteiger partial charge in [0, 0.05) is 27.8 Å². The molecular weight excluding hydrogens is 308 g/mol. The van der Waals surface area contributed by atoms with Gasteiger partial charge in [0.15, 0.2) is 0 Å². The van der Waals surface area contributed by atoms with Crippen LogP contribution in [0, 0.1) is 0 Å². The maximum Gasteiger partial charge on any atom is 0.0508 e. The van der Waals surface area contributed by atoms with E-state index < -0.39 is 0 Å². The minimum atomic E-state index is 0.0721. The predicted octanol–water partition coefficient (Wildman–Crippen LogP) is 4.02. The van der Waals surface area contributed by atoms with Crippen molar-refractivity contribution in [2.75, 3.05) is 0 Å². The number of nitrogens with two attached hydrogens (primary N) is 1. The third-order valence-electron chi connectivity index (χ3n) is 2.57. The summed E-state index contributed by atoms with van der Waals surface area (Å²) in [6.45, 7) is 2.03. The quantitative estimate of drug-likeness (QED) is 0.864. The van der Waals surface area contributed by atoms with Crippen molar-refractivity contribution in [2.24, 2.45) is 5.73 Å². The van der Waals surface area contributed by atoms with Crippen LogP contribution in [0.4, 0.5) is 0 Å². The van der Waals surface area contributed by atoms with Crippen molar-refractivity contribution in [3.05, 3.63) is 58.8 Å². The van der Waals surface area contributed by atoms with Gasteiger partial charge in [-0.05, 0) is 42.8 Å². The lowest BCUT2D eigenvalue weighted by molar-refractivity contribution is 0.719. The number of rotatable bonds is 4. The highest BCUT2D eigenvalue weighted by Crippen LogP contribution is 2.37. The predicted molar refractivity (Wildman–Crippen MR) is 80.6 cm³/mol. The van der Waals surface area contributed by atoms with E-state index in [0.29, 0.717) is 0 Å². The lowest BCUT2D eigenvalue weighted by atomic mass is 10.1. The van der Waals surface area contributed by atoms with E-state index in [0.717, 1.165) is 4.47 Å². The Hall–Kier alpha value is -0.840. The van der Waals surface area contributed by atoms with Crippen molar-refractivity contribution in [3.63, 3.8) is 0 Å². The summed E-state index contributed by atoms with van der Waals surface area (Å²) in [6, 6.07) is 12.4. The Morgan fingerprint density at radius 3 is 2.50 bits per heavy atom. The molecule has 0 aliphatic carbocycles. The van der Waals surface area contributed by atoms with Crippen LogP contribution in [0.5, 0.6) is 0 Å². The van der Waals surface area contributed by atoms with Crippen LogP contribution < -0.4 is 5.73 Å². The van der Waals surface area contributed by atoms with Gasteiger partial charge in [0.05, 0.1) is 5.25 Å². The fourth-order valence-corrected chi connectivity index (χ4v) is 3.02. The van der Waals surface area contributed by atoms with Crippen LogP contribution in [0.3, 0.4) is 0 Å². The molecule has 0 amide bonds. The third-order valence-corrected chi connectivity index (χ3v) is 4.60. The number of hydrogen-bond acceptors (Lipinski definition) is 3. The van der Waals surface area contributed by atoms with E-state index in [1.54, 1.807) is 18.0 Å². The van der Waals surface area contributed by atoms with E-state index in [4.69, 9.17) is 5.73 Å². The molecule has 0 spiro atoms. The van der Waals surface area contributed by atoms with Crippen LogP contribution in [-0.2, 0) is 0 Å². The van der Waals surface area contributed by atoms with Crippen molar-refractivity contribution < 1.29 is 0 Å². The molecule has 1 heterocycles. The van der Waals surface area contributed by atoms with E-state index in [2.05, 4.69) is 39.1 Å². The first-order valence-electron chi connectivity index (χ1n) is 5.74. The molecule has 2 atom stereocenters. The number of benzene rings is 1. The summed E-state index contributed by atoms with van der Waals surface area (Å²) >= 11 is 5.21. The molecule has 2 N–H and O–H groups in total. The van der Waals surface area contributed by atoms with Gasteiger partial charge in [-0.1, -0.05) is 22.0 Å². The lowest BCUT2D eigenvalue weighted by Crippen LogP contribution is -2.22. The van der Waals surface area contributed by atoms with Crippen LogP contribution in [0.1, 0.15) is 17.7 Å². The SMILES string of the molecule is CC(N)C(Sc1ccc(Br)cc1)c1cccnc1. The number of thioether (sulfide) groups is 1. The molecule has 0 radical (unpaired) electrons. The van der Waals surface area contributed by atoms with Crippen LogP contribution in [0.25, 0.3) is 0 Å².